The van der Waals surface area contributed by atoms with Gasteiger partial charge in [-0.3, -0.25) is 0 Å². The highest BCUT2D eigenvalue weighted by atomic mass is 16.5. The molecule has 1 saturated heterocycles. The Hall–Kier alpha value is -1.42. The number of hydrogen-bond acceptors (Lipinski definition) is 4. The van der Waals surface area contributed by atoms with Crippen LogP contribution in [-0.2, 0) is 0 Å². The highest BCUT2D eigenvalue weighted by Gasteiger charge is 2.14. The van der Waals surface area contributed by atoms with E-state index in [0.29, 0.717) is 0 Å². The lowest BCUT2D eigenvalue weighted by Crippen LogP contribution is -2.43. The molecule has 1 aromatic rings. The van der Waals surface area contributed by atoms with Gasteiger partial charge in [0.1, 0.15) is 11.5 Å². The average Bonchev–Trinajstić information content (AvgIpc) is 2.30. The largest absolute Gasteiger partial charge is 0.508 e. The first-order valence-electron chi connectivity index (χ1n) is 5.14. The zero-order valence-electron chi connectivity index (χ0n) is 8.86. The molecule has 1 aromatic carbocycles. The molecule has 82 valence electrons. The summed E-state index contributed by atoms with van der Waals surface area (Å²) in [7, 11) is 1.65. The van der Waals surface area contributed by atoms with E-state index in [1.165, 1.54) is 0 Å². The molecular formula is C11H16N2O2. The molecule has 2 rings (SSSR count). The fourth-order valence-corrected chi connectivity index (χ4v) is 1.83. The first kappa shape index (κ1) is 10.1. The van der Waals surface area contributed by atoms with E-state index < -0.39 is 0 Å². The molecule has 0 aromatic heterocycles. The minimum absolute atomic E-state index is 0.282. The molecule has 2 N–H and O–H groups in total. The van der Waals surface area contributed by atoms with E-state index in [1.54, 1.807) is 25.3 Å². The molecule has 0 saturated carbocycles. The van der Waals surface area contributed by atoms with Gasteiger partial charge in [-0.05, 0) is 12.1 Å². The normalized spacial score (nSPS) is 16.5. The Morgan fingerprint density at radius 3 is 2.73 bits per heavy atom. The molecule has 4 heteroatoms. The molecule has 0 radical (unpaired) electrons. The number of benzene rings is 1. The van der Waals surface area contributed by atoms with Crippen molar-refractivity contribution in [1.29, 1.82) is 0 Å². The number of phenolic OH excluding ortho intramolecular Hbond substituents is 1. The van der Waals surface area contributed by atoms with Crippen molar-refractivity contribution in [1.82, 2.24) is 5.32 Å². The van der Waals surface area contributed by atoms with Gasteiger partial charge in [0, 0.05) is 32.2 Å². The van der Waals surface area contributed by atoms with E-state index in [2.05, 4.69) is 10.2 Å². The first-order chi connectivity index (χ1) is 7.31. The molecule has 0 aliphatic carbocycles. The van der Waals surface area contributed by atoms with Crippen LogP contribution in [0.3, 0.4) is 0 Å². The van der Waals surface area contributed by atoms with Crippen LogP contribution in [0.5, 0.6) is 11.5 Å². The summed E-state index contributed by atoms with van der Waals surface area (Å²) in [6, 6.07) is 5.20. The summed E-state index contributed by atoms with van der Waals surface area (Å²) in [4.78, 5) is 2.22. The molecule has 1 fully saturated rings. The lowest BCUT2D eigenvalue weighted by molar-refractivity contribution is 0.410. The standard InChI is InChI=1S/C11H16N2O2/c1-15-11-3-2-9(14)8-10(11)13-6-4-12-5-7-13/h2-3,8,12,14H,4-7H2,1H3. The molecule has 0 unspecified atom stereocenters. The molecule has 4 nitrogen and oxygen atoms in total. The summed E-state index contributed by atoms with van der Waals surface area (Å²) in [6.45, 7) is 3.83. The predicted molar refractivity (Wildman–Crippen MR) is 59.7 cm³/mol. The molecule has 0 bridgehead atoms. The topological polar surface area (TPSA) is 44.7 Å². The Labute approximate surface area is 89.5 Å². The van der Waals surface area contributed by atoms with Crippen molar-refractivity contribution in [3.63, 3.8) is 0 Å². The molecule has 0 spiro atoms. The van der Waals surface area contributed by atoms with E-state index in [-0.39, 0.29) is 5.75 Å². The van der Waals surface area contributed by atoms with Crippen LogP contribution < -0.4 is 15.0 Å². The SMILES string of the molecule is COc1ccc(O)cc1N1CCNCC1. The van der Waals surface area contributed by atoms with Crippen LogP contribution in [0.1, 0.15) is 0 Å². The van der Waals surface area contributed by atoms with Gasteiger partial charge in [-0.2, -0.15) is 0 Å². The number of methoxy groups -OCH3 is 1. The van der Waals surface area contributed by atoms with Crippen LogP contribution in [0.15, 0.2) is 18.2 Å². The fourth-order valence-electron chi connectivity index (χ4n) is 1.83. The highest BCUT2D eigenvalue weighted by molar-refractivity contribution is 5.61. The van der Waals surface area contributed by atoms with Crippen LogP contribution >= 0.6 is 0 Å². The summed E-state index contributed by atoms with van der Waals surface area (Å²) in [5.74, 6) is 1.10. The van der Waals surface area contributed by atoms with Gasteiger partial charge < -0.3 is 20.1 Å². The van der Waals surface area contributed by atoms with Gasteiger partial charge in [0.2, 0.25) is 0 Å². The monoisotopic (exact) mass is 208 g/mol. The Morgan fingerprint density at radius 2 is 2.07 bits per heavy atom. The second-order valence-electron chi connectivity index (χ2n) is 3.59. The zero-order chi connectivity index (χ0) is 10.7. The summed E-state index contributed by atoms with van der Waals surface area (Å²) in [5, 5.41) is 12.8. The first-order valence-corrected chi connectivity index (χ1v) is 5.14. The Kier molecular flexibility index (Phi) is 2.97. The van der Waals surface area contributed by atoms with Gasteiger partial charge >= 0.3 is 0 Å². The minimum atomic E-state index is 0.282. The Bertz CT molecular complexity index is 335. The van der Waals surface area contributed by atoms with Crippen molar-refractivity contribution in [3.05, 3.63) is 18.2 Å². The number of piperazine rings is 1. The third kappa shape index (κ3) is 2.15. The van der Waals surface area contributed by atoms with Crippen molar-refractivity contribution in [3.8, 4) is 11.5 Å². The van der Waals surface area contributed by atoms with E-state index in [4.69, 9.17) is 4.74 Å². The zero-order valence-corrected chi connectivity index (χ0v) is 8.86. The Morgan fingerprint density at radius 1 is 1.33 bits per heavy atom. The van der Waals surface area contributed by atoms with Crippen molar-refractivity contribution in [2.45, 2.75) is 0 Å². The van der Waals surface area contributed by atoms with Gasteiger partial charge in [0.15, 0.2) is 0 Å². The maximum absolute atomic E-state index is 9.47. The molecule has 15 heavy (non-hydrogen) atoms. The smallest absolute Gasteiger partial charge is 0.142 e. The lowest BCUT2D eigenvalue weighted by Gasteiger charge is -2.30. The van der Waals surface area contributed by atoms with Gasteiger partial charge in [-0.25, -0.2) is 0 Å². The third-order valence-corrected chi connectivity index (χ3v) is 2.62. The number of nitrogens with one attached hydrogen (secondary N) is 1. The van der Waals surface area contributed by atoms with E-state index in [0.717, 1.165) is 37.6 Å². The number of nitrogens with zero attached hydrogens (tertiary/aromatic N) is 1. The van der Waals surface area contributed by atoms with Crippen LogP contribution in [0, 0.1) is 0 Å². The average molecular weight is 208 g/mol. The quantitative estimate of drug-likeness (QED) is 0.755. The summed E-state index contributed by atoms with van der Waals surface area (Å²) in [5.41, 5.74) is 0.971. The maximum atomic E-state index is 9.47. The second kappa shape index (κ2) is 4.40. The highest BCUT2D eigenvalue weighted by Crippen LogP contribution is 2.31. The molecule has 0 amide bonds. The number of anilines is 1. The van der Waals surface area contributed by atoms with Crippen LogP contribution in [0.2, 0.25) is 0 Å². The number of hydrogen-bond donors (Lipinski definition) is 2. The minimum Gasteiger partial charge on any atom is -0.508 e. The van der Waals surface area contributed by atoms with Gasteiger partial charge in [0.25, 0.3) is 0 Å². The van der Waals surface area contributed by atoms with Crippen LogP contribution in [-0.4, -0.2) is 38.4 Å². The van der Waals surface area contributed by atoms with Gasteiger partial charge in [-0.15, -0.1) is 0 Å². The number of ether oxygens (including phenoxy) is 1. The fraction of sp³-hybridized carbons (Fsp3) is 0.455. The maximum Gasteiger partial charge on any atom is 0.142 e. The second-order valence-corrected chi connectivity index (χ2v) is 3.59. The predicted octanol–water partition coefficient (Wildman–Crippen LogP) is 0.810. The van der Waals surface area contributed by atoms with E-state index in [1.807, 2.05) is 0 Å². The summed E-state index contributed by atoms with van der Waals surface area (Å²) in [6.07, 6.45) is 0. The lowest BCUT2D eigenvalue weighted by atomic mass is 10.2. The van der Waals surface area contributed by atoms with Crippen molar-refractivity contribution >= 4 is 5.69 Å². The van der Waals surface area contributed by atoms with Crippen LogP contribution in [0.4, 0.5) is 5.69 Å². The Balaban J connectivity index is 2.27. The van der Waals surface area contributed by atoms with Crippen molar-refractivity contribution in [2.75, 3.05) is 38.2 Å². The number of aromatic hydroxyl groups is 1. The van der Waals surface area contributed by atoms with E-state index in [9.17, 15) is 5.11 Å². The van der Waals surface area contributed by atoms with Crippen molar-refractivity contribution < 1.29 is 9.84 Å². The molecule has 0 atom stereocenters. The number of rotatable bonds is 2. The molecular weight excluding hydrogens is 192 g/mol. The van der Waals surface area contributed by atoms with Crippen molar-refractivity contribution in [2.24, 2.45) is 0 Å². The van der Waals surface area contributed by atoms with Gasteiger partial charge in [-0.1, -0.05) is 0 Å². The number of phenols is 1. The third-order valence-electron chi connectivity index (χ3n) is 2.62. The summed E-state index contributed by atoms with van der Waals surface area (Å²) >= 11 is 0. The molecule has 1 aliphatic rings. The van der Waals surface area contributed by atoms with Gasteiger partial charge in [0.05, 0.1) is 12.8 Å². The van der Waals surface area contributed by atoms with Crippen LogP contribution in [0.25, 0.3) is 0 Å². The summed E-state index contributed by atoms with van der Waals surface area (Å²) < 4.78 is 5.28. The molecule has 1 aliphatic heterocycles. The van der Waals surface area contributed by atoms with E-state index >= 15 is 0 Å². The molecule has 1 heterocycles.